The minimum atomic E-state index is -0.0161. The van der Waals surface area contributed by atoms with Crippen molar-refractivity contribution in [3.8, 4) is 0 Å². The standard InChI is InChI=1S/C24H32N4O2/c29-17-16-28(23-10-11-23)19-24(30)25-21-6-8-22(9-7-21)27-14-12-26(13-15-27)18-20-4-2-1-3-5-20/h1-9,23,29H,10-19H2,(H,25,30). The SMILES string of the molecule is O=C(CN(CCO)C1CC1)Nc1ccc(N2CCN(Cc3ccccc3)CC2)cc1. The highest BCUT2D eigenvalue weighted by atomic mass is 16.3. The number of aliphatic hydroxyl groups excluding tert-OH is 1. The zero-order valence-corrected chi connectivity index (χ0v) is 17.5. The summed E-state index contributed by atoms with van der Waals surface area (Å²) in [5.41, 5.74) is 3.39. The zero-order chi connectivity index (χ0) is 20.8. The summed E-state index contributed by atoms with van der Waals surface area (Å²) in [5.74, 6) is -0.0161. The molecular formula is C24H32N4O2. The number of hydrogen-bond donors (Lipinski definition) is 2. The molecule has 2 aromatic carbocycles. The molecule has 1 aliphatic carbocycles. The van der Waals surface area contributed by atoms with Gasteiger partial charge >= 0.3 is 0 Å². The molecule has 2 aliphatic rings. The maximum Gasteiger partial charge on any atom is 0.238 e. The maximum absolute atomic E-state index is 12.4. The quantitative estimate of drug-likeness (QED) is 0.667. The average molecular weight is 409 g/mol. The van der Waals surface area contributed by atoms with E-state index in [1.165, 1.54) is 11.3 Å². The third-order valence-electron chi connectivity index (χ3n) is 5.93. The van der Waals surface area contributed by atoms with E-state index in [2.05, 4.69) is 62.5 Å². The molecule has 0 aromatic heterocycles. The lowest BCUT2D eigenvalue weighted by atomic mass is 10.2. The zero-order valence-electron chi connectivity index (χ0n) is 17.5. The molecule has 30 heavy (non-hydrogen) atoms. The van der Waals surface area contributed by atoms with Crippen molar-refractivity contribution in [2.45, 2.75) is 25.4 Å². The number of rotatable bonds is 9. The van der Waals surface area contributed by atoms with Gasteiger partial charge in [0, 0.05) is 56.7 Å². The van der Waals surface area contributed by atoms with Crippen molar-refractivity contribution >= 4 is 17.3 Å². The Bertz CT molecular complexity index is 800. The largest absolute Gasteiger partial charge is 0.395 e. The minimum absolute atomic E-state index is 0.0161. The predicted octanol–water partition coefficient (Wildman–Crippen LogP) is 2.40. The lowest BCUT2D eigenvalue weighted by molar-refractivity contribution is -0.117. The maximum atomic E-state index is 12.4. The van der Waals surface area contributed by atoms with Crippen molar-refractivity contribution in [3.63, 3.8) is 0 Å². The number of carbonyl (C=O) groups is 1. The van der Waals surface area contributed by atoms with Crippen LogP contribution in [0.15, 0.2) is 54.6 Å². The molecule has 1 amide bonds. The summed E-state index contributed by atoms with van der Waals surface area (Å²) >= 11 is 0. The van der Waals surface area contributed by atoms with E-state index in [-0.39, 0.29) is 12.5 Å². The van der Waals surface area contributed by atoms with Gasteiger partial charge in [0.2, 0.25) is 5.91 Å². The van der Waals surface area contributed by atoms with E-state index in [1.54, 1.807) is 0 Å². The summed E-state index contributed by atoms with van der Waals surface area (Å²) < 4.78 is 0. The van der Waals surface area contributed by atoms with Gasteiger partial charge in [-0.2, -0.15) is 0 Å². The minimum Gasteiger partial charge on any atom is -0.395 e. The Morgan fingerprint density at radius 3 is 2.33 bits per heavy atom. The summed E-state index contributed by atoms with van der Waals surface area (Å²) in [6, 6.07) is 19.2. The number of amides is 1. The molecule has 2 fully saturated rings. The second kappa shape index (κ2) is 10.1. The van der Waals surface area contributed by atoms with E-state index in [0.717, 1.165) is 51.3 Å². The smallest absolute Gasteiger partial charge is 0.238 e. The van der Waals surface area contributed by atoms with Crippen molar-refractivity contribution < 1.29 is 9.90 Å². The number of hydrogen-bond acceptors (Lipinski definition) is 5. The second-order valence-electron chi connectivity index (χ2n) is 8.27. The molecule has 6 heteroatoms. The monoisotopic (exact) mass is 408 g/mol. The van der Waals surface area contributed by atoms with Gasteiger partial charge in [-0.3, -0.25) is 14.6 Å². The van der Waals surface area contributed by atoms with Crippen molar-refractivity contribution in [3.05, 3.63) is 60.2 Å². The topological polar surface area (TPSA) is 59.1 Å². The predicted molar refractivity (Wildman–Crippen MR) is 121 cm³/mol. The van der Waals surface area contributed by atoms with Crippen LogP contribution in [0.5, 0.6) is 0 Å². The van der Waals surface area contributed by atoms with E-state index >= 15 is 0 Å². The first kappa shape index (κ1) is 20.8. The third-order valence-corrected chi connectivity index (χ3v) is 5.93. The molecule has 0 atom stereocenters. The molecular weight excluding hydrogens is 376 g/mol. The van der Waals surface area contributed by atoms with Crippen molar-refractivity contribution in [1.82, 2.24) is 9.80 Å². The number of anilines is 2. The fourth-order valence-corrected chi connectivity index (χ4v) is 4.11. The van der Waals surface area contributed by atoms with Crippen molar-refractivity contribution in [1.29, 1.82) is 0 Å². The number of nitrogens with one attached hydrogen (secondary N) is 1. The number of nitrogens with zero attached hydrogens (tertiary/aromatic N) is 3. The lowest BCUT2D eigenvalue weighted by Gasteiger charge is -2.36. The van der Waals surface area contributed by atoms with Crippen LogP contribution < -0.4 is 10.2 Å². The summed E-state index contributed by atoms with van der Waals surface area (Å²) in [7, 11) is 0. The molecule has 0 spiro atoms. The van der Waals surface area contributed by atoms with Crippen LogP contribution in [0.4, 0.5) is 11.4 Å². The molecule has 0 bridgehead atoms. The lowest BCUT2D eigenvalue weighted by Crippen LogP contribution is -2.45. The Morgan fingerprint density at radius 1 is 1.00 bits per heavy atom. The summed E-state index contributed by atoms with van der Waals surface area (Å²) in [4.78, 5) is 19.3. The molecule has 6 nitrogen and oxygen atoms in total. The van der Waals surface area contributed by atoms with Gasteiger partial charge in [0.25, 0.3) is 0 Å². The van der Waals surface area contributed by atoms with Gasteiger partial charge in [0.05, 0.1) is 13.2 Å². The van der Waals surface area contributed by atoms with Gasteiger partial charge in [-0.05, 0) is 42.7 Å². The Labute approximate surface area is 179 Å². The Kier molecular flexibility index (Phi) is 7.00. The van der Waals surface area contributed by atoms with Gasteiger partial charge in [-0.15, -0.1) is 0 Å². The number of aliphatic hydroxyl groups is 1. The molecule has 1 heterocycles. The molecule has 4 rings (SSSR count). The van der Waals surface area contributed by atoms with Crippen molar-refractivity contribution in [2.75, 3.05) is 56.1 Å². The number of carbonyl (C=O) groups excluding carboxylic acids is 1. The van der Waals surface area contributed by atoms with E-state index in [4.69, 9.17) is 0 Å². The first-order valence-corrected chi connectivity index (χ1v) is 11.0. The van der Waals surface area contributed by atoms with Gasteiger partial charge < -0.3 is 15.3 Å². The Morgan fingerprint density at radius 2 is 1.70 bits per heavy atom. The fourth-order valence-electron chi connectivity index (χ4n) is 4.11. The number of benzene rings is 2. The highest BCUT2D eigenvalue weighted by Crippen LogP contribution is 2.26. The van der Waals surface area contributed by atoms with Gasteiger partial charge in [0.15, 0.2) is 0 Å². The summed E-state index contributed by atoms with van der Waals surface area (Å²) in [5, 5.41) is 12.2. The van der Waals surface area contributed by atoms with Crippen LogP contribution in [0.3, 0.4) is 0 Å². The first-order chi connectivity index (χ1) is 14.7. The average Bonchev–Trinajstić information content (AvgIpc) is 3.61. The second-order valence-corrected chi connectivity index (χ2v) is 8.27. The molecule has 2 N–H and O–H groups in total. The first-order valence-electron chi connectivity index (χ1n) is 11.0. The van der Waals surface area contributed by atoms with Gasteiger partial charge in [-0.1, -0.05) is 30.3 Å². The highest BCUT2D eigenvalue weighted by molar-refractivity contribution is 5.92. The highest BCUT2D eigenvalue weighted by Gasteiger charge is 2.29. The molecule has 0 radical (unpaired) electrons. The fraction of sp³-hybridized carbons (Fsp3) is 0.458. The van der Waals surface area contributed by atoms with Crippen LogP contribution in [0.1, 0.15) is 18.4 Å². The molecule has 1 saturated heterocycles. The van der Waals surface area contributed by atoms with E-state index in [9.17, 15) is 9.90 Å². The van der Waals surface area contributed by atoms with Gasteiger partial charge in [0.1, 0.15) is 0 Å². The summed E-state index contributed by atoms with van der Waals surface area (Å²) in [6.07, 6.45) is 2.25. The number of piperazine rings is 1. The molecule has 160 valence electrons. The van der Waals surface area contributed by atoms with Crippen LogP contribution in [-0.4, -0.2) is 72.7 Å². The molecule has 1 aliphatic heterocycles. The summed E-state index contributed by atoms with van der Waals surface area (Å²) in [6.45, 7) is 6.13. The van der Waals surface area contributed by atoms with Crippen LogP contribution in [0.2, 0.25) is 0 Å². The molecule has 0 unspecified atom stereocenters. The molecule has 2 aromatic rings. The Hall–Kier alpha value is -2.41. The normalized spacial score (nSPS) is 17.3. The van der Waals surface area contributed by atoms with Crippen molar-refractivity contribution in [2.24, 2.45) is 0 Å². The Balaban J connectivity index is 1.24. The van der Waals surface area contributed by atoms with Crippen LogP contribution in [-0.2, 0) is 11.3 Å². The molecule has 1 saturated carbocycles. The van der Waals surface area contributed by atoms with E-state index < -0.39 is 0 Å². The van der Waals surface area contributed by atoms with Crippen LogP contribution in [0, 0.1) is 0 Å². The van der Waals surface area contributed by atoms with Crippen LogP contribution in [0.25, 0.3) is 0 Å². The van der Waals surface area contributed by atoms with E-state index in [0.29, 0.717) is 19.1 Å². The third kappa shape index (κ3) is 5.81. The van der Waals surface area contributed by atoms with Crippen LogP contribution >= 0.6 is 0 Å². The van der Waals surface area contributed by atoms with Gasteiger partial charge in [-0.25, -0.2) is 0 Å². The van der Waals surface area contributed by atoms with E-state index in [1.807, 2.05) is 12.1 Å².